The average Bonchev–Trinajstić information content (AvgIpc) is 2.23. The topological polar surface area (TPSA) is 38.0 Å². The minimum atomic E-state index is -4.50. The third-order valence-electron chi connectivity index (χ3n) is 2.06. The van der Waals surface area contributed by atoms with Crippen molar-refractivity contribution in [1.29, 1.82) is 0 Å². The molecule has 9 heteroatoms. The van der Waals surface area contributed by atoms with Crippen LogP contribution < -0.4 is 11.1 Å². The van der Waals surface area contributed by atoms with Gasteiger partial charge in [-0.05, 0) is 30.0 Å². The second-order valence-electron chi connectivity index (χ2n) is 3.52. The highest BCUT2D eigenvalue weighted by atomic mass is 32.2. The van der Waals surface area contributed by atoms with Gasteiger partial charge in [0.25, 0.3) is 0 Å². The first-order valence-electron chi connectivity index (χ1n) is 5.01. The van der Waals surface area contributed by atoms with Crippen LogP contribution in [-0.4, -0.2) is 17.8 Å². The zero-order chi connectivity index (χ0) is 14.7. The van der Waals surface area contributed by atoms with E-state index in [0.29, 0.717) is 0 Å². The van der Waals surface area contributed by atoms with Gasteiger partial charge in [-0.3, -0.25) is 0 Å². The van der Waals surface area contributed by atoms with Crippen molar-refractivity contribution in [2.75, 3.05) is 23.3 Å². The first-order valence-corrected chi connectivity index (χ1v) is 5.99. The highest BCUT2D eigenvalue weighted by Crippen LogP contribution is 2.33. The summed E-state index contributed by atoms with van der Waals surface area (Å²) in [6.45, 7) is -0.0558. The van der Waals surface area contributed by atoms with E-state index in [-0.39, 0.29) is 35.4 Å². The van der Waals surface area contributed by atoms with E-state index in [0.717, 1.165) is 18.2 Å². The Bertz CT molecular complexity index is 429. The van der Waals surface area contributed by atoms with Crippen LogP contribution in [0.3, 0.4) is 0 Å². The largest absolute Gasteiger partial charge is 0.441 e. The van der Waals surface area contributed by atoms with Gasteiger partial charge in [-0.2, -0.15) is 26.3 Å². The fourth-order valence-electron chi connectivity index (χ4n) is 1.25. The van der Waals surface area contributed by atoms with Crippen LogP contribution in [0.1, 0.15) is 5.56 Å². The molecule has 19 heavy (non-hydrogen) atoms. The van der Waals surface area contributed by atoms with Crippen LogP contribution >= 0.6 is 11.8 Å². The number of hydrogen-bond acceptors (Lipinski definition) is 3. The molecule has 0 radical (unpaired) electrons. The number of nitrogen functional groups attached to an aromatic ring is 1. The van der Waals surface area contributed by atoms with Gasteiger partial charge >= 0.3 is 11.7 Å². The molecule has 0 fully saturated rings. The van der Waals surface area contributed by atoms with E-state index in [4.69, 9.17) is 5.73 Å². The highest BCUT2D eigenvalue weighted by molar-refractivity contribution is 8.00. The number of nitrogens with one attached hydrogen (secondary N) is 1. The minimum Gasteiger partial charge on any atom is -0.397 e. The van der Waals surface area contributed by atoms with Crippen LogP contribution in [0.4, 0.5) is 37.7 Å². The lowest BCUT2D eigenvalue weighted by Crippen LogP contribution is -2.11. The lowest BCUT2D eigenvalue weighted by molar-refractivity contribution is -0.137. The van der Waals surface area contributed by atoms with Crippen molar-refractivity contribution in [3.8, 4) is 0 Å². The normalized spacial score (nSPS) is 12.5. The van der Waals surface area contributed by atoms with Gasteiger partial charge in [0.15, 0.2) is 0 Å². The fourth-order valence-corrected chi connectivity index (χ4v) is 1.69. The second kappa shape index (κ2) is 5.81. The van der Waals surface area contributed by atoms with Gasteiger partial charge < -0.3 is 11.1 Å². The Morgan fingerprint density at radius 3 is 2.21 bits per heavy atom. The molecule has 0 saturated heterocycles. The Morgan fingerprint density at radius 2 is 1.74 bits per heavy atom. The molecule has 0 saturated carbocycles. The Labute approximate surface area is 109 Å². The molecule has 0 aromatic heterocycles. The van der Waals surface area contributed by atoms with Crippen LogP contribution in [-0.2, 0) is 6.18 Å². The number of hydrogen-bond donors (Lipinski definition) is 2. The van der Waals surface area contributed by atoms with E-state index in [2.05, 4.69) is 5.32 Å². The zero-order valence-electron chi connectivity index (χ0n) is 9.40. The van der Waals surface area contributed by atoms with Crippen molar-refractivity contribution in [1.82, 2.24) is 0 Å². The predicted molar refractivity (Wildman–Crippen MR) is 62.9 cm³/mol. The molecule has 3 N–H and O–H groups in total. The van der Waals surface area contributed by atoms with Crippen LogP contribution in [0.15, 0.2) is 18.2 Å². The number of alkyl halides is 6. The Balaban J connectivity index is 2.57. The van der Waals surface area contributed by atoms with Crippen LogP contribution in [0.5, 0.6) is 0 Å². The predicted octanol–water partition coefficient (Wildman–Crippen LogP) is 3.95. The quantitative estimate of drug-likeness (QED) is 0.502. The average molecular weight is 304 g/mol. The summed E-state index contributed by atoms with van der Waals surface area (Å²) in [6, 6.07) is 2.64. The van der Waals surface area contributed by atoms with Gasteiger partial charge in [0.2, 0.25) is 0 Å². The zero-order valence-corrected chi connectivity index (χ0v) is 10.2. The van der Waals surface area contributed by atoms with E-state index < -0.39 is 17.2 Å². The third-order valence-corrected chi connectivity index (χ3v) is 2.80. The van der Waals surface area contributed by atoms with Crippen molar-refractivity contribution >= 4 is 23.1 Å². The van der Waals surface area contributed by atoms with E-state index in [9.17, 15) is 26.3 Å². The molecule has 0 aliphatic heterocycles. The molecule has 1 rings (SSSR count). The van der Waals surface area contributed by atoms with Gasteiger partial charge in [-0.25, -0.2) is 0 Å². The summed E-state index contributed by atoms with van der Waals surface area (Å²) in [7, 11) is 0. The number of rotatable bonds is 4. The maximum absolute atomic E-state index is 12.3. The van der Waals surface area contributed by atoms with Crippen LogP contribution in [0, 0.1) is 0 Å². The van der Waals surface area contributed by atoms with Gasteiger partial charge in [-0.1, -0.05) is 0 Å². The first kappa shape index (κ1) is 15.8. The van der Waals surface area contributed by atoms with Crippen LogP contribution in [0.2, 0.25) is 0 Å². The fraction of sp³-hybridized carbons (Fsp3) is 0.400. The lowest BCUT2D eigenvalue weighted by Gasteiger charge is -2.12. The summed E-state index contributed by atoms with van der Waals surface area (Å²) in [5.74, 6) is -0.260. The van der Waals surface area contributed by atoms with Crippen molar-refractivity contribution < 1.29 is 26.3 Å². The molecule has 0 amide bonds. The number of nitrogens with two attached hydrogens (primary N) is 1. The van der Waals surface area contributed by atoms with Crippen molar-refractivity contribution in [3.05, 3.63) is 23.8 Å². The SMILES string of the molecule is Nc1cc(C(F)(F)F)ccc1NCCSC(F)(F)F. The Kier molecular flexibility index (Phi) is 4.83. The minimum absolute atomic E-state index is 0.0558. The van der Waals surface area contributed by atoms with Gasteiger partial charge in [-0.15, -0.1) is 0 Å². The molecule has 108 valence electrons. The molecular weight excluding hydrogens is 294 g/mol. The summed E-state index contributed by atoms with van der Waals surface area (Å²) in [5, 5.41) is 2.55. The summed E-state index contributed by atoms with van der Waals surface area (Å²) in [4.78, 5) is 0. The van der Waals surface area contributed by atoms with E-state index in [1.54, 1.807) is 0 Å². The molecule has 0 bridgehead atoms. The molecule has 0 aliphatic rings. The smallest absolute Gasteiger partial charge is 0.397 e. The standard InChI is InChI=1S/C10H10F6N2S/c11-9(12,13)6-1-2-8(7(17)5-6)18-3-4-19-10(14,15)16/h1-2,5,18H,3-4,17H2. The Hall–Kier alpha value is -1.25. The van der Waals surface area contributed by atoms with Gasteiger partial charge in [0.1, 0.15) is 0 Å². The maximum atomic E-state index is 12.3. The van der Waals surface area contributed by atoms with Crippen LogP contribution in [0.25, 0.3) is 0 Å². The molecule has 2 nitrogen and oxygen atoms in total. The number of halogens is 6. The molecule has 1 aromatic rings. The molecule has 1 aromatic carbocycles. The van der Waals surface area contributed by atoms with E-state index in [1.165, 1.54) is 0 Å². The number of thioether (sulfide) groups is 1. The molecule has 0 heterocycles. The van der Waals surface area contributed by atoms with Crippen molar-refractivity contribution in [2.45, 2.75) is 11.7 Å². The van der Waals surface area contributed by atoms with E-state index >= 15 is 0 Å². The molecule has 0 aliphatic carbocycles. The summed E-state index contributed by atoms with van der Waals surface area (Å²) in [5.41, 5.74) is 0.182. The maximum Gasteiger partial charge on any atom is 0.441 e. The number of benzene rings is 1. The highest BCUT2D eigenvalue weighted by Gasteiger charge is 2.31. The molecule has 0 spiro atoms. The first-order chi connectivity index (χ1) is 8.59. The number of anilines is 2. The molecular formula is C10H10F6N2S. The second-order valence-corrected chi connectivity index (χ2v) is 4.68. The van der Waals surface area contributed by atoms with Crippen molar-refractivity contribution in [3.63, 3.8) is 0 Å². The van der Waals surface area contributed by atoms with Gasteiger partial charge in [0, 0.05) is 12.3 Å². The van der Waals surface area contributed by atoms with Crippen molar-refractivity contribution in [2.24, 2.45) is 0 Å². The molecule has 0 atom stereocenters. The van der Waals surface area contributed by atoms with Gasteiger partial charge in [0.05, 0.1) is 16.9 Å². The third kappa shape index (κ3) is 5.50. The summed E-state index contributed by atoms with van der Waals surface area (Å²) >= 11 is -0.217. The lowest BCUT2D eigenvalue weighted by atomic mass is 10.1. The van der Waals surface area contributed by atoms with E-state index in [1.807, 2.05) is 0 Å². The monoisotopic (exact) mass is 304 g/mol. The summed E-state index contributed by atoms with van der Waals surface area (Å²) < 4.78 is 72.5. The summed E-state index contributed by atoms with van der Waals surface area (Å²) in [6.07, 6.45) is -4.50. The Morgan fingerprint density at radius 1 is 1.11 bits per heavy atom. The molecule has 0 unspecified atom stereocenters.